The Morgan fingerprint density at radius 2 is 1.22 bits per heavy atom. The van der Waals surface area contributed by atoms with Crippen molar-refractivity contribution >= 4 is 16.5 Å². The van der Waals surface area contributed by atoms with Gasteiger partial charge in [-0.3, -0.25) is 10.1 Å². The molecule has 0 aromatic heterocycles. The lowest BCUT2D eigenvalue weighted by molar-refractivity contribution is -0.385. The zero-order valence-corrected chi connectivity index (χ0v) is 26.9. The predicted octanol–water partition coefficient (Wildman–Crippen LogP) is 5.75. The standard InChI is InChI=1S/C35H47NO10/c1-3-39-14-16-41-18-20-43-32-24-34(45-26-27-8-7-11-30(22-27)36(37)38)35(25-33(32)44-21-19-42-17-15-40-4-2)46-31-13-12-28-9-5-6-10-29(28)23-31/h5-13,22-23,32-35H,3-4,14-21,24-26H2,1-2H3. The van der Waals surface area contributed by atoms with E-state index < -0.39 is 4.92 Å². The molecule has 0 saturated heterocycles. The average Bonchev–Trinajstić information content (AvgIpc) is 3.07. The van der Waals surface area contributed by atoms with Gasteiger partial charge in [-0.2, -0.15) is 0 Å². The van der Waals surface area contributed by atoms with Gasteiger partial charge in [0.05, 0.1) is 82.7 Å². The van der Waals surface area contributed by atoms with Crippen molar-refractivity contribution in [3.63, 3.8) is 0 Å². The minimum Gasteiger partial charge on any atom is -0.488 e. The van der Waals surface area contributed by atoms with Gasteiger partial charge in [0, 0.05) is 38.2 Å². The molecule has 0 spiro atoms. The van der Waals surface area contributed by atoms with Crippen LogP contribution in [0.25, 0.3) is 10.8 Å². The summed E-state index contributed by atoms with van der Waals surface area (Å²) in [5, 5.41) is 13.5. The molecule has 4 unspecified atom stereocenters. The molecule has 3 aromatic carbocycles. The summed E-state index contributed by atoms with van der Waals surface area (Å²) >= 11 is 0. The summed E-state index contributed by atoms with van der Waals surface area (Å²) in [4.78, 5) is 10.9. The second-order valence-electron chi connectivity index (χ2n) is 10.9. The van der Waals surface area contributed by atoms with Crippen LogP contribution in [-0.4, -0.2) is 95.4 Å². The molecule has 0 aliphatic heterocycles. The van der Waals surface area contributed by atoms with Crippen LogP contribution in [0.2, 0.25) is 0 Å². The van der Waals surface area contributed by atoms with Crippen LogP contribution in [0.4, 0.5) is 5.69 Å². The molecule has 0 N–H and O–H groups in total. The summed E-state index contributed by atoms with van der Waals surface area (Å²) in [7, 11) is 0. The van der Waals surface area contributed by atoms with Gasteiger partial charge < -0.3 is 37.9 Å². The number of nitro benzene ring substituents is 1. The van der Waals surface area contributed by atoms with Gasteiger partial charge in [-0.25, -0.2) is 0 Å². The molecule has 4 rings (SSSR count). The summed E-state index contributed by atoms with van der Waals surface area (Å²) in [6, 6.07) is 20.6. The summed E-state index contributed by atoms with van der Waals surface area (Å²) in [6.45, 7) is 9.10. The monoisotopic (exact) mass is 641 g/mol. The highest BCUT2D eigenvalue weighted by Crippen LogP contribution is 2.32. The summed E-state index contributed by atoms with van der Waals surface area (Å²) < 4.78 is 47.7. The highest BCUT2D eigenvalue weighted by atomic mass is 16.6. The van der Waals surface area contributed by atoms with Gasteiger partial charge in [0.25, 0.3) is 5.69 Å². The molecule has 0 heterocycles. The molecule has 252 valence electrons. The molecule has 11 nitrogen and oxygen atoms in total. The quantitative estimate of drug-likeness (QED) is 0.0763. The Kier molecular flexibility index (Phi) is 15.6. The lowest BCUT2D eigenvalue weighted by Crippen LogP contribution is -2.51. The molecule has 46 heavy (non-hydrogen) atoms. The summed E-state index contributed by atoms with van der Waals surface area (Å²) in [6.07, 6.45) is -0.265. The van der Waals surface area contributed by atoms with E-state index in [-0.39, 0.29) is 36.7 Å². The fourth-order valence-electron chi connectivity index (χ4n) is 5.34. The Morgan fingerprint density at radius 1 is 0.630 bits per heavy atom. The number of benzene rings is 3. The Morgan fingerprint density at radius 3 is 1.87 bits per heavy atom. The first kappa shape index (κ1) is 35.7. The number of non-ortho nitro benzene ring substituents is 1. The van der Waals surface area contributed by atoms with Crippen molar-refractivity contribution in [2.45, 2.75) is 57.7 Å². The van der Waals surface area contributed by atoms with E-state index >= 15 is 0 Å². The lowest BCUT2D eigenvalue weighted by atomic mass is 9.89. The number of nitro groups is 1. The van der Waals surface area contributed by atoms with E-state index in [9.17, 15) is 10.1 Å². The van der Waals surface area contributed by atoms with Gasteiger partial charge in [-0.05, 0) is 42.3 Å². The number of rotatable bonds is 22. The summed E-state index contributed by atoms with van der Waals surface area (Å²) in [5.41, 5.74) is 0.734. The third-order valence-electron chi connectivity index (χ3n) is 7.62. The van der Waals surface area contributed by atoms with Crippen LogP contribution in [0, 0.1) is 10.1 Å². The van der Waals surface area contributed by atoms with Gasteiger partial charge in [0.1, 0.15) is 11.9 Å². The third kappa shape index (κ3) is 11.9. The maximum Gasteiger partial charge on any atom is 0.269 e. The zero-order chi connectivity index (χ0) is 32.4. The fraction of sp³-hybridized carbons (Fsp3) is 0.543. The fourth-order valence-corrected chi connectivity index (χ4v) is 5.34. The number of hydrogen-bond donors (Lipinski definition) is 0. The van der Waals surface area contributed by atoms with Gasteiger partial charge in [0.15, 0.2) is 0 Å². The number of hydrogen-bond acceptors (Lipinski definition) is 10. The topological polar surface area (TPSA) is 117 Å². The van der Waals surface area contributed by atoms with E-state index in [1.54, 1.807) is 6.07 Å². The van der Waals surface area contributed by atoms with Gasteiger partial charge in [-0.1, -0.05) is 42.5 Å². The molecule has 1 fully saturated rings. The van der Waals surface area contributed by atoms with Crippen molar-refractivity contribution in [2.75, 3.05) is 66.1 Å². The smallest absolute Gasteiger partial charge is 0.269 e. The van der Waals surface area contributed by atoms with Gasteiger partial charge >= 0.3 is 0 Å². The molecule has 1 saturated carbocycles. The first-order valence-electron chi connectivity index (χ1n) is 16.1. The van der Waals surface area contributed by atoms with Crippen LogP contribution in [0.3, 0.4) is 0 Å². The molecule has 0 bridgehead atoms. The number of fused-ring (bicyclic) bond motifs is 1. The van der Waals surface area contributed by atoms with E-state index in [1.165, 1.54) is 12.1 Å². The van der Waals surface area contributed by atoms with Crippen LogP contribution < -0.4 is 4.74 Å². The Bertz CT molecular complexity index is 1310. The highest BCUT2D eigenvalue weighted by Gasteiger charge is 2.40. The molecule has 3 aromatic rings. The van der Waals surface area contributed by atoms with E-state index in [4.69, 9.17) is 37.9 Å². The first-order chi connectivity index (χ1) is 22.6. The van der Waals surface area contributed by atoms with E-state index in [1.807, 2.05) is 50.2 Å². The summed E-state index contributed by atoms with van der Waals surface area (Å²) in [5.74, 6) is 0.729. The molecule has 1 aliphatic carbocycles. The van der Waals surface area contributed by atoms with E-state index in [0.717, 1.165) is 16.5 Å². The third-order valence-corrected chi connectivity index (χ3v) is 7.62. The van der Waals surface area contributed by atoms with E-state index in [0.29, 0.717) is 84.5 Å². The van der Waals surface area contributed by atoms with Crippen molar-refractivity contribution in [3.8, 4) is 5.75 Å². The second kappa shape index (κ2) is 20.2. The molecule has 4 atom stereocenters. The maximum absolute atomic E-state index is 11.3. The minimum atomic E-state index is -0.404. The van der Waals surface area contributed by atoms with Crippen molar-refractivity contribution in [1.29, 1.82) is 0 Å². The Balaban J connectivity index is 1.46. The minimum absolute atomic E-state index is 0.0243. The SMILES string of the molecule is CCOCCOCCOC1CC(OCc2cccc([N+](=O)[O-])c2)C(Oc2ccc3ccccc3c2)CC1OCCOCCOCC. The Hall–Kier alpha value is -3.16. The predicted molar refractivity (Wildman–Crippen MR) is 173 cm³/mol. The van der Waals surface area contributed by atoms with Crippen LogP contribution in [-0.2, 0) is 39.8 Å². The van der Waals surface area contributed by atoms with Crippen LogP contribution in [0.5, 0.6) is 5.75 Å². The Labute approximate surface area is 271 Å². The van der Waals surface area contributed by atoms with Crippen molar-refractivity contribution in [1.82, 2.24) is 0 Å². The highest BCUT2D eigenvalue weighted by molar-refractivity contribution is 5.83. The van der Waals surface area contributed by atoms with Gasteiger partial charge in [-0.15, -0.1) is 0 Å². The molecular formula is C35H47NO10. The average molecular weight is 642 g/mol. The maximum atomic E-state index is 11.3. The van der Waals surface area contributed by atoms with Crippen molar-refractivity contribution in [2.24, 2.45) is 0 Å². The van der Waals surface area contributed by atoms with Gasteiger partial charge in [0.2, 0.25) is 0 Å². The molecule has 1 aliphatic rings. The van der Waals surface area contributed by atoms with E-state index in [2.05, 4.69) is 12.1 Å². The van der Waals surface area contributed by atoms with Crippen LogP contribution in [0.1, 0.15) is 32.3 Å². The van der Waals surface area contributed by atoms with Crippen molar-refractivity contribution in [3.05, 3.63) is 82.4 Å². The first-order valence-corrected chi connectivity index (χ1v) is 16.1. The molecule has 0 radical (unpaired) electrons. The molecule has 0 amide bonds. The van der Waals surface area contributed by atoms with Crippen molar-refractivity contribution < 1.29 is 42.8 Å². The molecule has 11 heteroatoms. The second-order valence-corrected chi connectivity index (χ2v) is 10.9. The number of ether oxygens (including phenoxy) is 8. The van der Waals surface area contributed by atoms with Crippen LogP contribution >= 0.6 is 0 Å². The van der Waals surface area contributed by atoms with Crippen LogP contribution in [0.15, 0.2) is 66.7 Å². The zero-order valence-electron chi connectivity index (χ0n) is 26.9. The normalized spacial score (nSPS) is 19.8. The largest absolute Gasteiger partial charge is 0.488 e. The lowest BCUT2D eigenvalue weighted by Gasteiger charge is -2.40. The molecular weight excluding hydrogens is 594 g/mol. The number of nitrogens with zero attached hydrogens (tertiary/aromatic N) is 1.